The molecule has 3 N–H and O–H groups in total. The van der Waals surface area contributed by atoms with Crippen molar-refractivity contribution in [2.24, 2.45) is 0 Å². The van der Waals surface area contributed by atoms with Crippen LogP contribution in [0, 0.1) is 0 Å². The number of carboxylic acid groups (broad SMARTS) is 1. The van der Waals surface area contributed by atoms with Gasteiger partial charge in [-0.1, -0.05) is 0 Å². The number of carboxylic acids is 1. The van der Waals surface area contributed by atoms with Crippen molar-refractivity contribution in [2.45, 2.75) is 18.5 Å². The number of carbonyl (C=O) groups is 1. The Hall–Kier alpha value is -1.57. The topological polar surface area (TPSA) is 78.0 Å². The van der Waals surface area contributed by atoms with E-state index in [0.29, 0.717) is 5.92 Å². The van der Waals surface area contributed by atoms with Gasteiger partial charge in [0.2, 0.25) is 0 Å². The number of hydrogen-bond acceptors (Lipinski definition) is 3. The predicted octanol–water partition coefficient (Wildman–Crippen LogP) is 1.12. The number of hydrogen-bond donors (Lipinski definition) is 3. The molecule has 2 heterocycles. The van der Waals surface area contributed by atoms with Crippen molar-refractivity contribution in [3.05, 3.63) is 18.0 Å². The minimum Gasteiger partial charge on any atom is -0.475 e. The van der Waals surface area contributed by atoms with Gasteiger partial charge in [-0.3, -0.25) is 5.10 Å². The van der Waals surface area contributed by atoms with E-state index in [1.165, 1.54) is 12.0 Å². The van der Waals surface area contributed by atoms with Gasteiger partial charge in [0.15, 0.2) is 0 Å². The highest BCUT2D eigenvalue weighted by Crippen LogP contribution is 2.20. The van der Waals surface area contributed by atoms with E-state index in [1.807, 2.05) is 12.4 Å². The van der Waals surface area contributed by atoms with E-state index in [9.17, 15) is 13.2 Å². The number of halogens is 3. The van der Waals surface area contributed by atoms with Crippen LogP contribution in [0.4, 0.5) is 13.2 Å². The number of nitrogens with zero attached hydrogens (tertiary/aromatic N) is 1. The predicted molar refractivity (Wildman–Crippen MR) is 52.5 cm³/mol. The van der Waals surface area contributed by atoms with Crippen LogP contribution < -0.4 is 5.32 Å². The molecule has 0 aliphatic carbocycles. The molecule has 0 saturated carbocycles. The minimum absolute atomic E-state index is 0.693. The highest BCUT2D eigenvalue weighted by Gasteiger charge is 2.38. The van der Waals surface area contributed by atoms with E-state index >= 15 is 0 Å². The molecule has 96 valence electrons. The highest BCUT2D eigenvalue weighted by atomic mass is 19.4. The van der Waals surface area contributed by atoms with E-state index < -0.39 is 12.1 Å². The normalized spacial score (nSPS) is 19.6. The molecule has 0 bridgehead atoms. The van der Waals surface area contributed by atoms with Crippen LogP contribution >= 0.6 is 0 Å². The van der Waals surface area contributed by atoms with E-state index in [-0.39, 0.29) is 0 Å². The molecule has 0 amide bonds. The summed E-state index contributed by atoms with van der Waals surface area (Å²) in [4.78, 5) is 8.90. The molecule has 1 atom stereocenters. The first-order valence-corrected chi connectivity index (χ1v) is 4.90. The molecular weight excluding hydrogens is 239 g/mol. The monoisotopic (exact) mass is 251 g/mol. The maximum atomic E-state index is 10.6. The van der Waals surface area contributed by atoms with E-state index in [2.05, 4.69) is 15.5 Å². The summed E-state index contributed by atoms with van der Waals surface area (Å²) in [6, 6.07) is 0. The zero-order valence-electron chi connectivity index (χ0n) is 8.79. The van der Waals surface area contributed by atoms with Gasteiger partial charge < -0.3 is 10.4 Å². The van der Waals surface area contributed by atoms with Crippen LogP contribution in [0.3, 0.4) is 0 Å². The van der Waals surface area contributed by atoms with Gasteiger partial charge >= 0.3 is 12.1 Å². The first-order chi connectivity index (χ1) is 7.91. The Bertz CT molecular complexity index is 345. The summed E-state index contributed by atoms with van der Waals surface area (Å²) in [5, 5.41) is 17.2. The van der Waals surface area contributed by atoms with Crippen molar-refractivity contribution in [3.8, 4) is 0 Å². The average Bonchev–Trinajstić information content (AvgIpc) is 2.90. The van der Waals surface area contributed by atoms with Gasteiger partial charge in [-0.05, 0) is 18.5 Å². The largest absolute Gasteiger partial charge is 0.490 e. The van der Waals surface area contributed by atoms with E-state index in [0.717, 1.165) is 13.1 Å². The number of alkyl halides is 3. The third-order valence-corrected chi connectivity index (χ3v) is 2.29. The molecule has 17 heavy (non-hydrogen) atoms. The molecule has 1 aliphatic heterocycles. The van der Waals surface area contributed by atoms with Crippen LogP contribution in [0.15, 0.2) is 12.4 Å². The fourth-order valence-corrected chi connectivity index (χ4v) is 1.42. The molecular formula is C9H12F3N3O2. The molecule has 2 rings (SSSR count). The fourth-order valence-electron chi connectivity index (χ4n) is 1.42. The Balaban J connectivity index is 0.000000185. The number of rotatable bonds is 1. The van der Waals surface area contributed by atoms with E-state index in [4.69, 9.17) is 9.90 Å². The van der Waals surface area contributed by atoms with Crippen LogP contribution in [-0.4, -0.2) is 40.5 Å². The lowest BCUT2D eigenvalue weighted by atomic mass is 10.0. The first-order valence-electron chi connectivity index (χ1n) is 4.90. The Morgan fingerprint density at radius 3 is 2.53 bits per heavy atom. The molecule has 1 aliphatic rings. The van der Waals surface area contributed by atoms with Crippen molar-refractivity contribution < 1.29 is 23.1 Å². The van der Waals surface area contributed by atoms with Gasteiger partial charge in [-0.25, -0.2) is 4.79 Å². The van der Waals surface area contributed by atoms with Gasteiger partial charge in [0.25, 0.3) is 0 Å². The van der Waals surface area contributed by atoms with Crippen molar-refractivity contribution in [2.75, 3.05) is 13.1 Å². The molecule has 8 heteroatoms. The maximum absolute atomic E-state index is 10.6. The molecule has 0 spiro atoms. The van der Waals surface area contributed by atoms with Crippen molar-refractivity contribution >= 4 is 5.97 Å². The Kier molecular flexibility index (Phi) is 4.50. The SMILES string of the molecule is O=C(O)C(F)(F)F.c1n[nH]cc1C1CCNC1. The van der Waals surface area contributed by atoms with Gasteiger partial charge in [0.1, 0.15) is 0 Å². The zero-order valence-corrected chi connectivity index (χ0v) is 8.79. The number of aromatic amines is 1. The van der Waals surface area contributed by atoms with Crippen LogP contribution in [0.1, 0.15) is 17.9 Å². The summed E-state index contributed by atoms with van der Waals surface area (Å²) in [5.41, 5.74) is 1.34. The molecule has 5 nitrogen and oxygen atoms in total. The summed E-state index contributed by atoms with van der Waals surface area (Å²) in [6.07, 6.45) is 0.0644. The van der Waals surface area contributed by atoms with Gasteiger partial charge in [0.05, 0.1) is 6.20 Å². The van der Waals surface area contributed by atoms with Gasteiger partial charge in [-0.2, -0.15) is 18.3 Å². The highest BCUT2D eigenvalue weighted by molar-refractivity contribution is 5.73. The molecule has 0 aromatic carbocycles. The second-order valence-corrected chi connectivity index (χ2v) is 3.52. The van der Waals surface area contributed by atoms with Crippen molar-refractivity contribution in [1.29, 1.82) is 0 Å². The van der Waals surface area contributed by atoms with Crippen LogP contribution in [0.5, 0.6) is 0 Å². The molecule has 1 aromatic heterocycles. The number of aromatic nitrogens is 2. The van der Waals surface area contributed by atoms with Crippen LogP contribution in [-0.2, 0) is 4.79 Å². The zero-order chi connectivity index (χ0) is 12.9. The lowest BCUT2D eigenvalue weighted by Gasteiger charge is -2.01. The fraction of sp³-hybridized carbons (Fsp3) is 0.556. The third-order valence-electron chi connectivity index (χ3n) is 2.29. The van der Waals surface area contributed by atoms with Gasteiger partial charge in [-0.15, -0.1) is 0 Å². The quantitative estimate of drug-likeness (QED) is 0.699. The second kappa shape index (κ2) is 5.67. The summed E-state index contributed by atoms with van der Waals surface area (Å²) in [5.74, 6) is -2.06. The van der Waals surface area contributed by atoms with Gasteiger partial charge in [0, 0.05) is 18.7 Å². The standard InChI is InChI=1S/C7H11N3.C2HF3O2/c1-2-8-3-6(1)7-4-9-10-5-7;3-2(4,5)1(6)7/h4-6,8H,1-3H2,(H,9,10);(H,6,7). The lowest BCUT2D eigenvalue weighted by Crippen LogP contribution is -2.21. The molecule has 1 unspecified atom stereocenters. The number of aliphatic carboxylic acids is 1. The molecule has 0 radical (unpaired) electrons. The van der Waals surface area contributed by atoms with Crippen LogP contribution in [0.25, 0.3) is 0 Å². The Morgan fingerprint density at radius 2 is 2.18 bits per heavy atom. The smallest absolute Gasteiger partial charge is 0.475 e. The minimum atomic E-state index is -5.08. The van der Waals surface area contributed by atoms with Crippen molar-refractivity contribution in [3.63, 3.8) is 0 Å². The third kappa shape index (κ3) is 4.43. The molecule has 1 saturated heterocycles. The Labute approximate surface area is 95.0 Å². The Morgan fingerprint density at radius 1 is 1.53 bits per heavy atom. The molecule has 1 aromatic rings. The summed E-state index contributed by atoms with van der Waals surface area (Å²) in [6.45, 7) is 2.26. The maximum Gasteiger partial charge on any atom is 0.490 e. The summed E-state index contributed by atoms with van der Waals surface area (Å²) >= 11 is 0. The summed E-state index contributed by atoms with van der Waals surface area (Å²) < 4.78 is 31.7. The first kappa shape index (κ1) is 13.5. The second-order valence-electron chi connectivity index (χ2n) is 3.52. The van der Waals surface area contributed by atoms with E-state index in [1.54, 1.807) is 0 Å². The lowest BCUT2D eigenvalue weighted by molar-refractivity contribution is -0.192. The summed E-state index contributed by atoms with van der Waals surface area (Å²) in [7, 11) is 0. The molecule has 1 fully saturated rings. The number of H-pyrrole nitrogens is 1. The van der Waals surface area contributed by atoms with Crippen molar-refractivity contribution in [1.82, 2.24) is 15.5 Å². The van der Waals surface area contributed by atoms with Crippen LogP contribution in [0.2, 0.25) is 0 Å². The number of nitrogens with one attached hydrogen (secondary N) is 2. The average molecular weight is 251 g/mol.